The number of rotatable bonds is 5. The van der Waals surface area contributed by atoms with Crippen molar-refractivity contribution >= 4 is 10.9 Å². The summed E-state index contributed by atoms with van der Waals surface area (Å²) in [6, 6.07) is 38.3. The van der Waals surface area contributed by atoms with Crippen LogP contribution in [0, 0.1) is 0 Å². The van der Waals surface area contributed by atoms with Gasteiger partial charge in [0.1, 0.15) is 11.5 Å². The fourth-order valence-corrected chi connectivity index (χ4v) is 5.39. The van der Waals surface area contributed by atoms with Crippen molar-refractivity contribution in [2.75, 3.05) is 0 Å². The lowest BCUT2D eigenvalue weighted by Crippen LogP contribution is -2.11. The van der Waals surface area contributed by atoms with Crippen molar-refractivity contribution in [1.29, 1.82) is 0 Å². The van der Waals surface area contributed by atoms with Gasteiger partial charge in [-0.3, -0.25) is 0 Å². The molecule has 0 aliphatic rings. The van der Waals surface area contributed by atoms with Crippen LogP contribution in [0.5, 0.6) is 11.5 Å². The quantitative estimate of drug-likeness (QED) is 0.304. The van der Waals surface area contributed by atoms with E-state index in [-0.39, 0.29) is 16.3 Å². The predicted molar refractivity (Wildman–Crippen MR) is 127 cm³/mol. The minimum atomic E-state index is -0.160. The summed E-state index contributed by atoms with van der Waals surface area (Å²) in [4.78, 5) is 3.92. The van der Waals surface area contributed by atoms with Gasteiger partial charge in [-0.25, -0.2) is 0 Å². The minimum absolute atomic E-state index is 0.153. The molecule has 0 N–H and O–H groups in total. The number of ether oxygens (including phenoxy) is 1. The molecule has 4 aromatic rings. The van der Waals surface area contributed by atoms with Crippen molar-refractivity contribution < 1.29 is 4.74 Å². The highest BCUT2D eigenvalue weighted by Gasteiger charge is 2.29. The average Bonchev–Trinajstić information content (AvgIpc) is 2.76. The van der Waals surface area contributed by atoms with Gasteiger partial charge in [-0.2, -0.15) is 0 Å². The maximum Gasteiger partial charge on any atom is 0.166 e. The normalized spacial score (nSPS) is 12.4. The lowest BCUT2D eigenvalue weighted by Gasteiger charge is -2.19. The molecule has 1 nitrogen and oxygen atoms in total. The maximum absolute atomic E-state index is 5.98. The fourth-order valence-electron chi connectivity index (χ4n) is 3.32. The molecule has 0 aromatic heterocycles. The van der Waals surface area contributed by atoms with Gasteiger partial charge in [0.25, 0.3) is 0 Å². The van der Waals surface area contributed by atoms with Crippen LogP contribution in [0.4, 0.5) is 0 Å². The number of benzene rings is 4. The Morgan fingerprint density at radius 1 is 0.500 bits per heavy atom. The molecule has 150 valence electrons. The zero-order valence-corrected chi connectivity index (χ0v) is 18.5. The Hall–Kier alpha value is -2.97. The van der Waals surface area contributed by atoms with Crippen molar-refractivity contribution in [3.05, 3.63) is 115 Å². The third-order valence-corrected chi connectivity index (χ3v) is 7.20. The van der Waals surface area contributed by atoms with E-state index in [0.717, 1.165) is 11.5 Å². The molecule has 0 saturated heterocycles. The van der Waals surface area contributed by atoms with Gasteiger partial charge < -0.3 is 4.74 Å². The molecule has 0 amide bonds. The molecule has 0 radical (unpaired) electrons. The molecule has 1 unspecified atom stereocenters. The Balaban J connectivity index is 1.67. The lowest BCUT2D eigenvalue weighted by atomic mass is 9.87. The monoisotopic (exact) mass is 411 g/mol. The van der Waals surface area contributed by atoms with Crippen LogP contribution < -0.4 is 4.74 Å². The van der Waals surface area contributed by atoms with E-state index < -0.39 is 0 Å². The summed E-state index contributed by atoms with van der Waals surface area (Å²) >= 11 is 0. The Labute approximate surface area is 182 Å². The molecule has 0 aliphatic carbocycles. The Morgan fingerprint density at radius 3 is 1.47 bits per heavy atom. The van der Waals surface area contributed by atoms with Gasteiger partial charge in [0.15, 0.2) is 14.7 Å². The second-order valence-electron chi connectivity index (χ2n) is 8.28. The maximum atomic E-state index is 5.98. The van der Waals surface area contributed by atoms with E-state index in [1.54, 1.807) is 0 Å². The molecule has 0 heterocycles. The van der Waals surface area contributed by atoms with Crippen LogP contribution >= 0.6 is 0 Å². The highest BCUT2D eigenvalue weighted by Crippen LogP contribution is 2.34. The van der Waals surface area contributed by atoms with Crippen molar-refractivity contribution in [3.8, 4) is 11.5 Å². The highest BCUT2D eigenvalue weighted by molar-refractivity contribution is 7.97. The first-order valence-corrected chi connectivity index (χ1v) is 11.5. The van der Waals surface area contributed by atoms with Crippen LogP contribution in [-0.2, 0) is 16.3 Å². The van der Waals surface area contributed by atoms with E-state index in [9.17, 15) is 0 Å². The van der Waals surface area contributed by atoms with E-state index in [1.807, 2.05) is 30.3 Å². The topological polar surface area (TPSA) is 9.23 Å². The van der Waals surface area contributed by atoms with Crippen LogP contribution in [0.15, 0.2) is 124 Å². The van der Waals surface area contributed by atoms with E-state index in [4.69, 9.17) is 4.74 Å². The minimum Gasteiger partial charge on any atom is -0.457 e. The number of hydrogen-bond acceptors (Lipinski definition) is 1. The van der Waals surface area contributed by atoms with E-state index >= 15 is 0 Å². The first-order chi connectivity index (χ1) is 14.5. The van der Waals surface area contributed by atoms with Crippen molar-refractivity contribution in [1.82, 2.24) is 0 Å². The third-order valence-electron chi connectivity index (χ3n) is 4.97. The Kier molecular flexibility index (Phi) is 5.96. The second-order valence-corrected chi connectivity index (χ2v) is 10.3. The summed E-state index contributed by atoms with van der Waals surface area (Å²) in [6.07, 6.45) is 0. The standard InChI is InChI=1S/C28H27OS/c1-28(2,3)22-14-18-26(19-15-22)30(25-12-8-5-9-13-25)27-20-16-24(17-21-27)29-23-10-6-4-7-11-23/h4-21H,1-3H3/q+1. The van der Waals surface area contributed by atoms with Crippen molar-refractivity contribution in [2.45, 2.75) is 40.9 Å². The van der Waals surface area contributed by atoms with Crippen LogP contribution in [0.2, 0.25) is 0 Å². The molecular weight excluding hydrogens is 384 g/mol. The van der Waals surface area contributed by atoms with E-state index in [2.05, 4.69) is 99.6 Å². The highest BCUT2D eigenvalue weighted by atomic mass is 32.2. The van der Waals surface area contributed by atoms with E-state index in [1.165, 1.54) is 20.2 Å². The molecule has 2 heteroatoms. The van der Waals surface area contributed by atoms with Crippen LogP contribution in [0.1, 0.15) is 26.3 Å². The first kappa shape index (κ1) is 20.3. The predicted octanol–water partition coefficient (Wildman–Crippen LogP) is 7.87. The van der Waals surface area contributed by atoms with Gasteiger partial charge in [-0.05, 0) is 71.6 Å². The van der Waals surface area contributed by atoms with Crippen LogP contribution in [-0.4, -0.2) is 0 Å². The van der Waals surface area contributed by atoms with E-state index in [0.29, 0.717) is 0 Å². The fraction of sp³-hybridized carbons (Fsp3) is 0.143. The number of para-hydroxylation sites is 1. The Morgan fingerprint density at radius 2 is 0.933 bits per heavy atom. The summed E-state index contributed by atoms with van der Waals surface area (Å²) in [5, 5.41) is 0. The third kappa shape index (κ3) is 4.77. The van der Waals surface area contributed by atoms with Crippen molar-refractivity contribution in [3.63, 3.8) is 0 Å². The molecule has 30 heavy (non-hydrogen) atoms. The first-order valence-electron chi connectivity index (χ1n) is 10.2. The molecule has 1 atom stereocenters. The van der Waals surface area contributed by atoms with Crippen LogP contribution in [0.3, 0.4) is 0 Å². The molecule has 0 aliphatic heterocycles. The zero-order valence-electron chi connectivity index (χ0n) is 17.7. The molecular formula is C28H27OS+. The lowest BCUT2D eigenvalue weighted by molar-refractivity contribution is 0.482. The molecule has 0 saturated carbocycles. The second kappa shape index (κ2) is 8.81. The molecule has 0 spiro atoms. The largest absolute Gasteiger partial charge is 0.457 e. The van der Waals surface area contributed by atoms with Crippen LogP contribution in [0.25, 0.3) is 0 Å². The zero-order chi connectivity index (χ0) is 21.0. The summed E-state index contributed by atoms with van der Waals surface area (Å²) in [6.45, 7) is 6.76. The van der Waals surface area contributed by atoms with Gasteiger partial charge in [0, 0.05) is 0 Å². The summed E-state index contributed by atoms with van der Waals surface area (Å²) in [5.41, 5.74) is 1.51. The molecule has 0 bridgehead atoms. The van der Waals surface area contributed by atoms with Gasteiger partial charge >= 0.3 is 0 Å². The molecule has 4 rings (SSSR count). The van der Waals surface area contributed by atoms with Crippen molar-refractivity contribution in [2.24, 2.45) is 0 Å². The van der Waals surface area contributed by atoms with Gasteiger partial charge in [0.05, 0.1) is 10.9 Å². The number of hydrogen-bond donors (Lipinski definition) is 0. The summed E-state index contributed by atoms with van der Waals surface area (Å²) in [5.74, 6) is 1.70. The molecule has 4 aromatic carbocycles. The van der Waals surface area contributed by atoms with Gasteiger partial charge in [-0.1, -0.05) is 69.3 Å². The van der Waals surface area contributed by atoms with Gasteiger partial charge in [-0.15, -0.1) is 0 Å². The Bertz CT molecular complexity index is 1060. The smallest absolute Gasteiger partial charge is 0.166 e. The SMILES string of the molecule is CC(C)(C)c1ccc([S+](c2ccccc2)c2ccc(Oc3ccccc3)cc2)cc1. The average molecular weight is 412 g/mol. The van der Waals surface area contributed by atoms with Gasteiger partial charge in [0.2, 0.25) is 0 Å². The summed E-state index contributed by atoms with van der Waals surface area (Å²) < 4.78 is 5.98. The summed E-state index contributed by atoms with van der Waals surface area (Å²) in [7, 11) is -0.160. The molecule has 0 fully saturated rings.